The van der Waals surface area contributed by atoms with Crippen LogP contribution in [0, 0.1) is 5.92 Å². The van der Waals surface area contributed by atoms with Gasteiger partial charge in [-0.15, -0.1) is 11.8 Å². The fraction of sp³-hybridized carbons (Fsp3) is 0.310. The number of carbonyl (C=O) groups excluding carboxylic acids is 2. The Kier molecular flexibility index (Phi) is 8.13. The highest BCUT2D eigenvalue weighted by Crippen LogP contribution is 2.39. The number of ether oxygens (including phenoxy) is 1. The van der Waals surface area contributed by atoms with Gasteiger partial charge < -0.3 is 15.0 Å². The number of rotatable bonds is 9. The molecule has 1 saturated heterocycles. The summed E-state index contributed by atoms with van der Waals surface area (Å²) in [5.41, 5.74) is 3.81. The number of amides is 2. The summed E-state index contributed by atoms with van der Waals surface area (Å²) in [4.78, 5) is 27.6. The molecular formula is C29H32N2O3S. The van der Waals surface area contributed by atoms with Crippen LogP contribution in [0.4, 0.5) is 0 Å². The normalized spacial score (nSPS) is 16.4. The number of carbonyl (C=O) groups is 2. The second kappa shape index (κ2) is 11.5. The van der Waals surface area contributed by atoms with Crippen LogP contribution in [0.25, 0.3) is 0 Å². The summed E-state index contributed by atoms with van der Waals surface area (Å²) in [5.74, 6) is 1.73. The molecule has 182 valence electrons. The number of hydrogen-bond acceptors (Lipinski definition) is 4. The predicted octanol–water partition coefficient (Wildman–Crippen LogP) is 5.99. The summed E-state index contributed by atoms with van der Waals surface area (Å²) in [7, 11) is 1.65. The maximum Gasteiger partial charge on any atom is 0.251 e. The predicted molar refractivity (Wildman–Crippen MR) is 141 cm³/mol. The molecule has 1 heterocycles. The first kappa shape index (κ1) is 24.9. The summed E-state index contributed by atoms with van der Waals surface area (Å²) in [5, 5.41) is 3.16. The van der Waals surface area contributed by atoms with Gasteiger partial charge in [-0.05, 0) is 53.3 Å². The average molecular weight is 489 g/mol. The van der Waals surface area contributed by atoms with Crippen molar-refractivity contribution in [2.75, 3.05) is 12.9 Å². The quantitative estimate of drug-likeness (QED) is 0.402. The van der Waals surface area contributed by atoms with E-state index in [4.69, 9.17) is 4.74 Å². The van der Waals surface area contributed by atoms with E-state index in [1.54, 1.807) is 18.9 Å². The number of thioether (sulfide) groups is 1. The molecule has 1 aliphatic rings. The summed E-state index contributed by atoms with van der Waals surface area (Å²) in [6.07, 6.45) is 0.839. The highest BCUT2D eigenvalue weighted by Gasteiger charge is 2.32. The van der Waals surface area contributed by atoms with Gasteiger partial charge >= 0.3 is 0 Å². The third kappa shape index (κ3) is 6.25. The van der Waals surface area contributed by atoms with E-state index in [-0.39, 0.29) is 23.2 Å². The highest BCUT2D eigenvalue weighted by atomic mass is 32.2. The lowest BCUT2D eigenvalue weighted by Gasteiger charge is -2.25. The van der Waals surface area contributed by atoms with Crippen molar-refractivity contribution < 1.29 is 14.3 Å². The van der Waals surface area contributed by atoms with Crippen molar-refractivity contribution in [1.29, 1.82) is 0 Å². The van der Waals surface area contributed by atoms with Gasteiger partial charge in [0.05, 0.1) is 18.9 Å². The summed E-state index contributed by atoms with van der Waals surface area (Å²) >= 11 is 1.63. The van der Waals surface area contributed by atoms with Gasteiger partial charge in [0.1, 0.15) is 11.1 Å². The highest BCUT2D eigenvalue weighted by molar-refractivity contribution is 8.00. The molecule has 1 N–H and O–H groups in total. The molecule has 2 atom stereocenters. The van der Waals surface area contributed by atoms with E-state index in [0.29, 0.717) is 23.8 Å². The van der Waals surface area contributed by atoms with Crippen molar-refractivity contribution in [3.05, 3.63) is 101 Å². The first-order valence-electron chi connectivity index (χ1n) is 11.9. The van der Waals surface area contributed by atoms with E-state index in [9.17, 15) is 9.59 Å². The molecule has 5 nitrogen and oxygen atoms in total. The maximum atomic E-state index is 13.1. The Balaban J connectivity index is 1.46. The monoisotopic (exact) mass is 488 g/mol. The molecule has 2 amide bonds. The number of nitrogens with one attached hydrogen (secondary N) is 1. The van der Waals surface area contributed by atoms with Crippen molar-refractivity contribution in [2.24, 2.45) is 5.92 Å². The fourth-order valence-electron chi connectivity index (χ4n) is 4.31. The Morgan fingerprint density at radius 2 is 1.71 bits per heavy atom. The van der Waals surface area contributed by atoms with E-state index in [1.165, 1.54) is 0 Å². The van der Waals surface area contributed by atoms with Gasteiger partial charge in [0.15, 0.2) is 0 Å². The van der Waals surface area contributed by atoms with Gasteiger partial charge in [-0.2, -0.15) is 0 Å². The third-order valence-electron chi connectivity index (χ3n) is 6.15. The molecule has 1 aliphatic heterocycles. The smallest absolute Gasteiger partial charge is 0.251 e. The van der Waals surface area contributed by atoms with E-state index < -0.39 is 0 Å². The molecule has 35 heavy (non-hydrogen) atoms. The van der Waals surface area contributed by atoms with Crippen molar-refractivity contribution in [1.82, 2.24) is 10.2 Å². The second-order valence-corrected chi connectivity index (χ2v) is 10.3. The lowest BCUT2D eigenvalue weighted by Crippen LogP contribution is -2.30. The first-order chi connectivity index (χ1) is 16.9. The van der Waals surface area contributed by atoms with Crippen molar-refractivity contribution in [2.45, 2.75) is 38.2 Å². The minimum absolute atomic E-state index is 0.0483. The van der Waals surface area contributed by atoms with Crippen molar-refractivity contribution in [3.63, 3.8) is 0 Å². The van der Waals surface area contributed by atoms with Gasteiger partial charge in [0.25, 0.3) is 5.91 Å². The van der Waals surface area contributed by atoms with Crippen LogP contribution in [-0.4, -0.2) is 29.6 Å². The molecule has 3 aromatic rings. The molecule has 0 radical (unpaired) electrons. The third-order valence-corrected chi connectivity index (χ3v) is 7.41. The van der Waals surface area contributed by atoms with Crippen LogP contribution in [0.3, 0.4) is 0 Å². The number of benzene rings is 3. The van der Waals surface area contributed by atoms with Gasteiger partial charge in [-0.1, -0.05) is 68.4 Å². The zero-order valence-corrected chi connectivity index (χ0v) is 21.3. The zero-order valence-electron chi connectivity index (χ0n) is 20.4. The van der Waals surface area contributed by atoms with Crippen LogP contribution in [-0.2, 0) is 11.3 Å². The topological polar surface area (TPSA) is 58.6 Å². The number of methoxy groups -OCH3 is 1. The lowest BCUT2D eigenvalue weighted by atomic mass is 9.96. The summed E-state index contributed by atoms with van der Waals surface area (Å²) in [6, 6.07) is 25.4. The molecule has 0 unspecified atom stereocenters. The largest absolute Gasteiger partial charge is 0.497 e. The number of nitrogens with zero attached hydrogens (tertiary/aromatic N) is 1. The molecule has 3 aromatic carbocycles. The molecule has 0 spiro atoms. The maximum absolute atomic E-state index is 13.1. The van der Waals surface area contributed by atoms with Crippen LogP contribution < -0.4 is 10.1 Å². The van der Waals surface area contributed by atoms with E-state index in [1.807, 2.05) is 83.8 Å². The Morgan fingerprint density at radius 3 is 2.34 bits per heavy atom. The molecule has 0 aliphatic carbocycles. The Morgan fingerprint density at radius 1 is 1.03 bits per heavy atom. The molecule has 0 bridgehead atoms. The van der Waals surface area contributed by atoms with E-state index >= 15 is 0 Å². The first-order valence-corrected chi connectivity index (χ1v) is 13.0. The van der Waals surface area contributed by atoms with E-state index in [2.05, 4.69) is 19.2 Å². The Labute approximate surface area is 211 Å². The van der Waals surface area contributed by atoms with Crippen LogP contribution in [0.1, 0.15) is 58.7 Å². The van der Waals surface area contributed by atoms with Crippen molar-refractivity contribution in [3.8, 4) is 5.75 Å². The average Bonchev–Trinajstić information content (AvgIpc) is 3.24. The van der Waals surface area contributed by atoms with Gasteiger partial charge in [-0.25, -0.2) is 0 Å². The molecule has 6 heteroatoms. The molecular weight excluding hydrogens is 456 g/mol. The fourth-order valence-corrected chi connectivity index (χ4v) is 5.50. The minimum Gasteiger partial charge on any atom is -0.497 e. The van der Waals surface area contributed by atoms with Gasteiger partial charge in [-0.3, -0.25) is 9.59 Å². The zero-order chi connectivity index (χ0) is 24.8. The van der Waals surface area contributed by atoms with Gasteiger partial charge in [0, 0.05) is 12.1 Å². The van der Waals surface area contributed by atoms with Crippen LogP contribution in [0.5, 0.6) is 5.75 Å². The SMILES string of the molecule is COc1ccc([C@@H](CC(C)C)NC(=O)c2ccc([C@@H]3SCC(=O)N3Cc3ccccc3)cc2)cc1. The summed E-state index contributed by atoms with van der Waals surface area (Å²) in [6.45, 7) is 4.89. The molecule has 4 rings (SSSR count). The van der Waals surface area contributed by atoms with Crippen LogP contribution >= 0.6 is 11.8 Å². The summed E-state index contributed by atoms with van der Waals surface area (Å²) < 4.78 is 5.27. The second-order valence-electron chi connectivity index (χ2n) is 9.22. The Bertz CT molecular complexity index is 1130. The van der Waals surface area contributed by atoms with Crippen LogP contribution in [0.15, 0.2) is 78.9 Å². The molecule has 1 fully saturated rings. The minimum atomic E-state index is -0.102. The molecule has 0 saturated carbocycles. The van der Waals surface area contributed by atoms with E-state index in [0.717, 1.165) is 28.9 Å². The van der Waals surface area contributed by atoms with Crippen molar-refractivity contribution >= 4 is 23.6 Å². The lowest BCUT2D eigenvalue weighted by molar-refractivity contribution is -0.128. The molecule has 0 aromatic heterocycles. The standard InChI is InChI=1S/C29H32N2O3S/c1-20(2)17-26(22-13-15-25(34-3)16-14-22)30-28(33)23-9-11-24(12-10-23)29-31(27(32)19-35-29)18-21-7-5-4-6-8-21/h4-16,20,26,29H,17-19H2,1-3H3,(H,30,33)/t26-,29+/m1/s1. The Hall–Kier alpha value is -3.25. The van der Waals surface area contributed by atoms with Crippen LogP contribution in [0.2, 0.25) is 0 Å². The number of hydrogen-bond donors (Lipinski definition) is 1. The van der Waals surface area contributed by atoms with Gasteiger partial charge in [0.2, 0.25) is 5.91 Å².